The van der Waals surface area contributed by atoms with Crippen LogP contribution in [0.15, 0.2) is 12.7 Å². The summed E-state index contributed by atoms with van der Waals surface area (Å²) in [5, 5.41) is 0.470. The molecule has 3 atom stereocenters. The van der Waals surface area contributed by atoms with Crippen molar-refractivity contribution in [3.05, 3.63) is 12.7 Å². The number of rotatable bonds is 4. The first-order valence-corrected chi connectivity index (χ1v) is 7.39. The van der Waals surface area contributed by atoms with Gasteiger partial charge < -0.3 is 9.47 Å². The van der Waals surface area contributed by atoms with Crippen molar-refractivity contribution >= 4 is 35.5 Å². The number of esters is 2. The van der Waals surface area contributed by atoms with E-state index in [1.54, 1.807) is 23.5 Å². The van der Waals surface area contributed by atoms with Crippen LogP contribution in [0.25, 0.3) is 0 Å². The number of hydrogen-bond donors (Lipinski definition) is 0. The highest BCUT2D eigenvalue weighted by atomic mass is 32.2. The maximum Gasteiger partial charge on any atom is 0.348 e. The second-order valence-corrected chi connectivity index (χ2v) is 6.31. The van der Waals surface area contributed by atoms with Crippen LogP contribution in [0.5, 0.6) is 0 Å². The highest BCUT2D eigenvalue weighted by Crippen LogP contribution is 2.30. The lowest BCUT2D eigenvalue weighted by Gasteiger charge is -2.26. The van der Waals surface area contributed by atoms with E-state index in [2.05, 4.69) is 13.5 Å². The van der Waals surface area contributed by atoms with Crippen LogP contribution in [0.1, 0.15) is 13.8 Å². The Labute approximate surface area is 109 Å². The molecule has 0 aromatic carbocycles. The van der Waals surface area contributed by atoms with Crippen molar-refractivity contribution in [1.82, 2.24) is 0 Å². The van der Waals surface area contributed by atoms with Crippen LogP contribution in [0.3, 0.4) is 0 Å². The third-order valence-electron chi connectivity index (χ3n) is 2.03. The van der Waals surface area contributed by atoms with E-state index in [9.17, 15) is 9.59 Å². The van der Waals surface area contributed by atoms with E-state index >= 15 is 0 Å². The molecular formula is C11H16O4S2. The zero-order valence-corrected chi connectivity index (χ0v) is 11.5. The molecule has 0 radical (unpaired) electrons. The molecule has 1 aliphatic heterocycles. The van der Waals surface area contributed by atoms with E-state index < -0.39 is 18.0 Å². The Morgan fingerprint density at radius 2 is 2.18 bits per heavy atom. The Morgan fingerprint density at radius 3 is 2.76 bits per heavy atom. The van der Waals surface area contributed by atoms with Gasteiger partial charge >= 0.3 is 11.9 Å². The normalized spacial score (nSPS) is 25.8. The van der Waals surface area contributed by atoms with Crippen LogP contribution in [0.4, 0.5) is 0 Å². The summed E-state index contributed by atoms with van der Waals surface area (Å²) in [6.07, 6.45) is 0.139. The van der Waals surface area contributed by atoms with Crippen LogP contribution >= 0.6 is 23.5 Å². The molecule has 1 rings (SSSR count). The summed E-state index contributed by atoms with van der Waals surface area (Å²) in [6, 6.07) is 0. The number of carbonyl (C=O) groups is 2. The molecule has 0 spiro atoms. The average Bonchev–Trinajstić information content (AvgIpc) is 2.28. The van der Waals surface area contributed by atoms with E-state index in [0.29, 0.717) is 5.25 Å². The van der Waals surface area contributed by atoms with E-state index in [1.807, 2.05) is 0 Å². The van der Waals surface area contributed by atoms with Gasteiger partial charge in [0, 0.05) is 22.8 Å². The summed E-state index contributed by atoms with van der Waals surface area (Å²) in [5.74, 6) is 0.726. The summed E-state index contributed by atoms with van der Waals surface area (Å²) >= 11 is 3.39. The molecule has 0 aliphatic carbocycles. The molecule has 0 bridgehead atoms. The molecule has 0 N–H and O–H groups in total. The van der Waals surface area contributed by atoms with Crippen molar-refractivity contribution in [3.8, 4) is 0 Å². The second-order valence-electron chi connectivity index (χ2n) is 3.63. The minimum absolute atomic E-state index is 0.152. The molecule has 0 saturated carbocycles. The molecule has 3 unspecified atom stereocenters. The van der Waals surface area contributed by atoms with Crippen molar-refractivity contribution in [2.45, 2.75) is 30.6 Å². The average molecular weight is 276 g/mol. The Hall–Kier alpha value is -0.620. The molecule has 17 heavy (non-hydrogen) atoms. The monoisotopic (exact) mass is 276 g/mol. The van der Waals surface area contributed by atoms with Gasteiger partial charge in [-0.25, -0.2) is 9.59 Å². The maximum atomic E-state index is 11.6. The molecule has 1 heterocycles. The Morgan fingerprint density at radius 1 is 1.47 bits per heavy atom. The fraction of sp³-hybridized carbons (Fsp3) is 0.636. The molecule has 4 nitrogen and oxygen atoms in total. The zero-order chi connectivity index (χ0) is 12.8. The first-order chi connectivity index (χ1) is 8.02. The Balaban J connectivity index is 2.37. The van der Waals surface area contributed by atoms with Gasteiger partial charge in [-0.2, -0.15) is 11.8 Å². The largest absolute Gasteiger partial charge is 0.448 e. The summed E-state index contributed by atoms with van der Waals surface area (Å²) in [4.78, 5) is 22.5. The van der Waals surface area contributed by atoms with Crippen molar-refractivity contribution in [2.75, 3.05) is 11.5 Å². The van der Waals surface area contributed by atoms with Gasteiger partial charge in [0.05, 0.1) is 0 Å². The van der Waals surface area contributed by atoms with Gasteiger partial charge in [0.25, 0.3) is 0 Å². The molecule has 0 aromatic rings. The lowest BCUT2D eigenvalue weighted by atomic mass is 10.4. The minimum atomic E-state index is -0.886. The highest BCUT2D eigenvalue weighted by molar-refractivity contribution is 8.07. The van der Waals surface area contributed by atoms with Crippen molar-refractivity contribution < 1.29 is 19.1 Å². The van der Waals surface area contributed by atoms with E-state index in [-0.39, 0.29) is 5.44 Å². The van der Waals surface area contributed by atoms with Gasteiger partial charge in [0.2, 0.25) is 0 Å². The van der Waals surface area contributed by atoms with E-state index in [1.165, 1.54) is 6.92 Å². The van der Waals surface area contributed by atoms with Crippen molar-refractivity contribution in [1.29, 1.82) is 0 Å². The lowest BCUT2D eigenvalue weighted by Crippen LogP contribution is -2.32. The first kappa shape index (κ1) is 14.4. The molecule has 0 aromatic heterocycles. The molecule has 1 aliphatic rings. The minimum Gasteiger partial charge on any atom is -0.448 e. The fourth-order valence-electron chi connectivity index (χ4n) is 1.23. The summed E-state index contributed by atoms with van der Waals surface area (Å²) in [6.45, 7) is 6.85. The Bertz CT molecular complexity index is 306. The third-order valence-corrected chi connectivity index (χ3v) is 4.92. The smallest absolute Gasteiger partial charge is 0.348 e. The van der Waals surface area contributed by atoms with Gasteiger partial charge in [0.1, 0.15) is 0 Å². The van der Waals surface area contributed by atoms with Crippen LogP contribution in [-0.2, 0) is 19.1 Å². The van der Waals surface area contributed by atoms with Gasteiger partial charge in [-0.15, -0.1) is 11.8 Å². The second kappa shape index (κ2) is 6.96. The summed E-state index contributed by atoms with van der Waals surface area (Å²) < 4.78 is 10.0. The lowest BCUT2D eigenvalue weighted by molar-refractivity contribution is -0.164. The van der Waals surface area contributed by atoms with Gasteiger partial charge in [-0.05, 0) is 6.92 Å². The van der Waals surface area contributed by atoms with Gasteiger partial charge in [-0.1, -0.05) is 13.5 Å². The van der Waals surface area contributed by atoms with Crippen molar-refractivity contribution in [3.63, 3.8) is 0 Å². The van der Waals surface area contributed by atoms with Crippen LogP contribution in [0, 0.1) is 0 Å². The first-order valence-electron chi connectivity index (χ1n) is 5.29. The third kappa shape index (κ3) is 5.04. The van der Waals surface area contributed by atoms with Crippen molar-refractivity contribution in [2.24, 2.45) is 0 Å². The zero-order valence-electron chi connectivity index (χ0n) is 9.88. The number of ether oxygens (including phenoxy) is 2. The SMILES string of the molecule is C=CC(=O)OC(C)C(=O)OC1CSCC(C)S1. The summed E-state index contributed by atoms with van der Waals surface area (Å²) in [7, 11) is 0. The van der Waals surface area contributed by atoms with Crippen LogP contribution in [0.2, 0.25) is 0 Å². The Kier molecular flexibility index (Phi) is 5.91. The molecule has 1 saturated heterocycles. The number of thioether (sulfide) groups is 2. The molecule has 1 fully saturated rings. The summed E-state index contributed by atoms with van der Waals surface area (Å²) in [5.41, 5.74) is -0.152. The van der Waals surface area contributed by atoms with Gasteiger partial charge in [0.15, 0.2) is 11.5 Å². The molecule has 6 heteroatoms. The van der Waals surface area contributed by atoms with E-state index in [4.69, 9.17) is 9.47 Å². The predicted octanol–water partition coefficient (Wildman–Crippen LogP) is 1.84. The highest BCUT2D eigenvalue weighted by Gasteiger charge is 2.26. The molecule has 0 amide bonds. The standard InChI is InChI=1S/C11H16O4S2/c1-4-9(12)14-8(3)11(13)15-10-6-16-5-7(2)17-10/h4,7-8,10H,1,5-6H2,2-3H3. The topological polar surface area (TPSA) is 52.6 Å². The fourth-order valence-corrected chi connectivity index (χ4v) is 3.83. The number of carbonyl (C=O) groups excluding carboxylic acids is 2. The van der Waals surface area contributed by atoms with Crippen LogP contribution in [-0.4, -0.2) is 40.2 Å². The molecule has 96 valence electrons. The predicted molar refractivity (Wildman–Crippen MR) is 70.0 cm³/mol. The van der Waals surface area contributed by atoms with E-state index in [0.717, 1.165) is 17.6 Å². The quantitative estimate of drug-likeness (QED) is 0.577. The maximum absolute atomic E-state index is 11.6. The number of hydrogen-bond acceptors (Lipinski definition) is 6. The van der Waals surface area contributed by atoms with Gasteiger partial charge in [-0.3, -0.25) is 0 Å². The van der Waals surface area contributed by atoms with Crippen LogP contribution < -0.4 is 0 Å². The molecular weight excluding hydrogens is 260 g/mol.